The van der Waals surface area contributed by atoms with E-state index in [4.69, 9.17) is 4.74 Å². The highest BCUT2D eigenvalue weighted by Crippen LogP contribution is 2.23. The monoisotopic (exact) mass is 340 g/mol. The maximum Gasteiger partial charge on any atom is 0.233 e. The number of nitrogens with one attached hydrogen (secondary N) is 2. The van der Waals surface area contributed by atoms with E-state index in [2.05, 4.69) is 30.5 Å². The van der Waals surface area contributed by atoms with Gasteiger partial charge in [-0.3, -0.25) is 0 Å². The van der Waals surface area contributed by atoms with Crippen LogP contribution in [0.4, 0.5) is 23.5 Å². The lowest BCUT2D eigenvalue weighted by Gasteiger charge is -2.27. The summed E-state index contributed by atoms with van der Waals surface area (Å²) in [6, 6.07) is 10.4. The SMILES string of the molecule is c1ccc(Nc2nc(NC3CCCC3)nc(N3CCOCC3)n2)cc1. The Hall–Kier alpha value is -2.41. The Morgan fingerprint density at radius 1 is 0.920 bits per heavy atom. The van der Waals surface area contributed by atoms with Gasteiger partial charge in [0.15, 0.2) is 0 Å². The topological polar surface area (TPSA) is 75.2 Å². The van der Waals surface area contributed by atoms with Crippen LogP contribution >= 0.6 is 0 Å². The number of anilines is 4. The van der Waals surface area contributed by atoms with Crippen LogP contribution in [0.1, 0.15) is 25.7 Å². The Balaban J connectivity index is 1.59. The standard InChI is InChI=1S/C18H24N6O/c1-2-6-14(7-3-1)19-16-21-17(20-15-8-4-5-9-15)23-18(22-16)24-10-12-25-13-11-24/h1-3,6-7,15H,4-5,8-13H2,(H2,19,20,21,22,23). The second-order valence-corrected chi connectivity index (χ2v) is 6.50. The lowest BCUT2D eigenvalue weighted by atomic mass is 10.2. The third-order valence-electron chi connectivity index (χ3n) is 4.64. The van der Waals surface area contributed by atoms with Gasteiger partial charge in [-0.25, -0.2) is 0 Å². The first-order chi connectivity index (χ1) is 12.4. The summed E-state index contributed by atoms with van der Waals surface area (Å²) in [4.78, 5) is 16.0. The number of rotatable bonds is 5. The summed E-state index contributed by atoms with van der Waals surface area (Å²) in [5, 5.41) is 6.77. The van der Waals surface area contributed by atoms with Gasteiger partial charge < -0.3 is 20.3 Å². The summed E-state index contributed by atoms with van der Waals surface area (Å²) in [5.41, 5.74) is 0.966. The number of nitrogens with zero attached hydrogens (tertiary/aromatic N) is 4. The minimum atomic E-state index is 0.463. The maximum absolute atomic E-state index is 5.44. The predicted molar refractivity (Wildman–Crippen MR) is 98.5 cm³/mol. The highest BCUT2D eigenvalue weighted by molar-refractivity contribution is 5.55. The number of benzene rings is 1. The first kappa shape index (κ1) is 16.1. The number of hydrogen-bond acceptors (Lipinski definition) is 7. The summed E-state index contributed by atoms with van der Waals surface area (Å²) < 4.78 is 5.44. The average molecular weight is 340 g/mol. The zero-order valence-corrected chi connectivity index (χ0v) is 14.3. The summed E-state index contributed by atoms with van der Waals surface area (Å²) in [7, 11) is 0. The molecule has 2 N–H and O–H groups in total. The van der Waals surface area contributed by atoms with Gasteiger partial charge in [-0.05, 0) is 25.0 Å². The van der Waals surface area contributed by atoms with Crippen LogP contribution in [0.2, 0.25) is 0 Å². The van der Waals surface area contributed by atoms with E-state index in [9.17, 15) is 0 Å². The first-order valence-corrected chi connectivity index (χ1v) is 9.04. The number of hydrogen-bond donors (Lipinski definition) is 2. The van der Waals surface area contributed by atoms with Gasteiger partial charge in [0.25, 0.3) is 0 Å². The molecule has 1 aromatic heterocycles. The first-order valence-electron chi connectivity index (χ1n) is 9.04. The Bertz CT molecular complexity index is 683. The summed E-state index contributed by atoms with van der Waals surface area (Å²) in [6.07, 6.45) is 4.91. The van der Waals surface area contributed by atoms with Gasteiger partial charge >= 0.3 is 0 Å². The molecule has 25 heavy (non-hydrogen) atoms. The maximum atomic E-state index is 5.44. The van der Waals surface area contributed by atoms with Gasteiger partial charge in [0, 0.05) is 24.8 Å². The van der Waals surface area contributed by atoms with E-state index in [-0.39, 0.29) is 0 Å². The number of aromatic nitrogens is 3. The summed E-state index contributed by atoms with van der Waals surface area (Å²) in [6.45, 7) is 3.02. The van der Waals surface area contributed by atoms with Crippen LogP contribution in [-0.2, 0) is 4.74 Å². The van der Waals surface area contributed by atoms with Gasteiger partial charge in [0.1, 0.15) is 0 Å². The van der Waals surface area contributed by atoms with Crippen LogP contribution in [0.3, 0.4) is 0 Å². The van der Waals surface area contributed by atoms with Crippen LogP contribution in [0.15, 0.2) is 30.3 Å². The molecule has 7 nitrogen and oxygen atoms in total. The summed E-state index contributed by atoms with van der Waals surface area (Å²) >= 11 is 0. The molecular formula is C18H24N6O. The van der Waals surface area contributed by atoms with Crippen LogP contribution in [-0.4, -0.2) is 47.3 Å². The smallest absolute Gasteiger partial charge is 0.233 e. The molecule has 4 rings (SSSR count). The molecule has 2 fully saturated rings. The van der Waals surface area contributed by atoms with Crippen molar-refractivity contribution in [1.82, 2.24) is 15.0 Å². The molecule has 1 saturated carbocycles. The fraction of sp³-hybridized carbons (Fsp3) is 0.500. The minimum absolute atomic E-state index is 0.463. The molecule has 1 aromatic carbocycles. The Morgan fingerprint density at radius 2 is 1.64 bits per heavy atom. The molecule has 2 aromatic rings. The molecule has 0 unspecified atom stereocenters. The van der Waals surface area contributed by atoms with Crippen molar-refractivity contribution >= 4 is 23.5 Å². The van der Waals surface area contributed by atoms with Crippen molar-refractivity contribution in [3.8, 4) is 0 Å². The van der Waals surface area contributed by atoms with E-state index in [1.165, 1.54) is 25.7 Å². The fourth-order valence-corrected chi connectivity index (χ4v) is 3.29. The van der Waals surface area contributed by atoms with Crippen LogP contribution in [0.5, 0.6) is 0 Å². The molecule has 0 bridgehead atoms. The van der Waals surface area contributed by atoms with Crippen LogP contribution < -0.4 is 15.5 Å². The highest BCUT2D eigenvalue weighted by atomic mass is 16.5. The van der Waals surface area contributed by atoms with Crippen molar-refractivity contribution < 1.29 is 4.74 Å². The zero-order chi connectivity index (χ0) is 16.9. The van der Waals surface area contributed by atoms with Gasteiger partial charge in [-0.1, -0.05) is 31.0 Å². The van der Waals surface area contributed by atoms with E-state index in [1.807, 2.05) is 30.3 Å². The van der Waals surface area contributed by atoms with Gasteiger partial charge in [0.2, 0.25) is 17.8 Å². The third kappa shape index (κ3) is 4.17. The Morgan fingerprint density at radius 3 is 2.40 bits per heavy atom. The van der Waals surface area contributed by atoms with Crippen LogP contribution in [0, 0.1) is 0 Å². The molecule has 0 radical (unpaired) electrons. The molecule has 2 heterocycles. The molecule has 7 heteroatoms. The largest absolute Gasteiger partial charge is 0.378 e. The van der Waals surface area contributed by atoms with E-state index < -0.39 is 0 Å². The zero-order valence-electron chi connectivity index (χ0n) is 14.3. The number of para-hydroxylation sites is 1. The second kappa shape index (κ2) is 7.65. The minimum Gasteiger partial charge on any atom is -0.378 e. The second-order valence-electron chi connectivity index (χ2n) is 6.50. The van der Waals surface area contributed by atoms with Gasteiger partial charge in [0.05, 0.1) is 13.2 Å². The Kier molecular flexibility index (Phi) is 4.92. The normalized spacial score (nSPS) is 18.3. The molecule has 1 aliphatic carbocycles. The number of ether oxygens (including phenoxy) is 1. The summed E-state index contributed by atoms with van der Waals surface area (Å²) in [5.74, 6) is 1.93. The third-order valence-corrected chi connectivity index (χ3v) is 4.64. The molecule has 132 valence electrons. The van der Waals surface area contributed by atoms with Crippen molar-refractivity contribution in [3.63, 3.8) is 0 Å². The lowest BCUT2D eigenvalue weighted by molar-refractivity contribution is 0.122. The quantitative estimate of drug-likeness (QED) is 0.867. The molecule has 0 amide bonds. The molecule has 0 atom stereocenters. The molecule has 0 spiro atoms. The fourth-order valence-electron chi connectivity index (χ4n) is 3.29. The van der Waals surface area contributed by atoms with Gasteiger partial charge in [-0.2, -0.15) is 15.0 Å². The lowest BCUT2D eigenvalue weighted by Crippen LogP contribution is -2.37. The molecular weight excluding hydrogens is 316 g/mol. The van der Waals surface area contributed by atoms with E-state index in [0.29, 0.717) is 37.1 Å². The van der Waals surface area contributed by atoms with Crippen molar-refractivity contribution in [3.05, 3.63) is 30.3 Å². The van der Waals surface area contributed by atoms with E-state index in [0.717, 1.165) is 18.8 Å². The average Bonchev–Trinajstić information content (AvgIpc) is 3.16. The predicted octanol–water partition coefficient (Wildman–Crippen LogP) is 2.81. The molecule has 1 saturated heterocycles. The van der Waals surface area contributed by atoms with Crippen LogP contribution in [0.25, 0.3) is 0 Å². The van der Waals surface area contributed by atoms with Crippen molar-refractivity contribution in [2.75, 3.05) is 41.8 Å². The molecule has 1 aliphatic heterocycles. The Labute approximate surface area is 147 Å². The molecule has 2 aliphatic rings. The highest BCUT2D eigenvalue weighted by Gasteiger charge is 2.20. The van der Waals surface area contributed by atoms with E-state index >= 15 is 0 Å². The van der Waals surface area contributed by atoms with Crippen molar-refractivity contribution in [2.24, 2.45) is 0 Å². The van der Waals surface area contributed by atoms with Crippen molar-refractivity contribution in [1.29, 1.82) is 0 Å². The van der Waals surface area contributed by atoms with E-state index in [1.54, 1.807) is 0 Å². The number of morpholine rings is 1. The van der Waals surface area contributed by atoms with Crippen molar-refractivity contribution in [2.45, 2.75) is 31.7 Å². The van der Waals surface area contributed by atoms with Gasteiger partial charge in [-0.15, -0.1) is 0 Å².